The van der Waals surface area contributed by atoms with E-state index in [2.05, 4.69) is 36.5 Å². The predicted molar refractivity (Wildman–Crippen MR) is 89.4 cm³/mol. The van der Waals surface area contributed by atoms with E-state index in [1.807, 2.05) is 13.1 Å². The lowest BCUT2D eigenvalue weighted by atomic mass is 10.0. The summed E-state index contributed by atoms with van der Waals surface area (Å²) in [6.07, 6.45) is 2.27. The highest BCUT2D eigenvalue weighted by Gasteiger charge is 2.10. The number of hydrogen-bond acceptors (Lipinski definition) is 2. The Kier molecular flexibility index (Phi) is 6.27. The maximum Gasteiger partial charge on any atom is 0.124 e. The number of hydrogen-bond donors (Lipinski definition) is 1. The van der Waals surface area contributed by atoms with Crippen LogP contribution in [-0.2, 0) is 6.42 Å². The van der Waals surface area contributed by atoms with Crippen LogP contribution in [0.25, 0.3) is 0 Å². The van der Waals surface area contributed by atoms with E-state index in [9.17, 15) is 4.39 Å². The topological polar surface area (TPSA) is 12.0 Å². The molecule has 1 nitrogen and oxygen atoms in total. The molecule has 0 saturated heterocycles. The van der Waals surface area contributed by atoms with Crippen molar-refractivity contribution in [3.05, 3.63) is 65.5 Å². The van der Waals surface area contributed by atoms with Crippen molar-refractivity contribution >= 4 is 11.8 Å². The molecule has 2 rings (SSSR count). The van der Waals surface area contributed by atoms with Crippen molar-refractivity contribution in [2.24, 2.45) is 0 Å². The van der Waals surface area contributed by atoms with Gasteiger partial charge >= 0.3 is 0 Å². The van der Waals surface area contributed by atoms with Crippen molar-refractivity contribution in [3.8, 4) is 0 Å². The van der Waals surface area contributed by atoms with Gasteiger partial charge in [0.1, 0.15) is 5.82 Å². The van der Waals surface area contributed by atoms with Crippen LogP contribution in [0.2, 0.25) is 0 Å². The Morgan fingerprint density at radius 3 is 2.67 bits per heavy atom. The van der Waals surface area contributed by atoms with Gasteiger partial charge in [-0.05, 0) is 42.8 Å². The van der Waals surface area contributed by atoms with E-state index in [4.69, 9.17) is 0 Å². The molecule has 21 heavy (non-hydrogen) atoms. The fraction of sp³-hybridized carbons (Fsp3) is 0.333. The van der Waals surface area contributed by atoms with E-state index in [1.165, 1.54) is 17.2 Å². The Morgan fingerprint density at radius 1 is 1.14 bits per heavy atom. The molecule has 2 aromatic rings. The zero-order valence-corrected chi connectivity index (χ0v) is 13.4. The molecule has 0 amide bonds. The van der Waals surface area contributed by atoms with Crippen LogP contribution in [-0.4, -0.2) is 12.8 Å². The molecule has 0 heterocycles. The molecule has 1 atom stereocenters. The monoisotopic (exact) mass is 303 g/mol. The van der Waals surface area contributed by atoms with Crippen molar-refractivity contribution in [1.29, 1.82) is 0 Å². The molecule has 0 aliphatic rings. The van der Waals surface area contributed by atoms with Crippen LogP contribution in [0.15, 0.2) is 53.4 Å². The van der Waals surface area contributed by atoms with Gasteiger partial charge in [0.25, 0.3) is 0 Å². The van der Waals surface area contributed by atoms with E-state index in [0.29, 0.717) is 0 Å². The van der Waals surface area contributed by atoms with Crippen molar-refractivity contribution in [2.45, 2.75) is 30.7 Å². The molecule has 0 aliphatic heterocycles. The third kappa shape index (κ3) is 4.87. The second-order valence-electron chi connectivity index (χ2n) is 5.10. The molecule has 2 aromatic carbocycles. The van der Waals surface area contributed by atoms with Crippen molar-refractivity contribution in [2.75, 3.05) is 12.8 Å². The Balaban J connectivity index is 2.04. The molecule has 3 heteroatoms. The van der Waals surface area contributed by atoms with E-state index in [0.717, 1.165) is 23.5 Å². The fourth-order valence-electron chi connectivity index (χ4n) is 2.34. The molecule has 0 aromatic heterocycles. The molecule has 1 N–H and O–H groups in total. The summed E-state index contributed by atoms with van der Waals surface area (Å²) in [7, 11) is 1.98. The summed E-state index contributed by atoms with van der Waals surface area (Å²) in [5.41, 5.74) is 2.68. The van der Waals surface area contributed by atoms with Gasteiger partial charge < -0.3 is 5.32 Å². The highest BCUT2D eigenvalue weighted by molar-refractivity contribution is 7.99. The normalized spacial score (nSPS) is 12.3. The standard InChI is InChI=1S/C18H22FNS/c1-3-6-14-7-4-8-15(11-14)18(20-2)13-21-17-10-5-9-16(19)12-17/h4-5,7-12,18,20H,3,6,13H2,1-2H3. The predicted octanol–water partition coefficient (Wildman–Crippen LogP) is 4.83. The summed E-state index contributed by atoms with van der Waals surface area (Å²) < 4.78 is 13.2. The second-order valence-corrected chi connectivity index (χ2v) is 6.20. The summed E-state index contributed by atoms with van der Waals surface area (Å²) in [6.45, 7) is 2.20. The third-order valence-electron chi connectivity index (χ3n) is 3.45. The minimum absolute atomic E-state index is 0.175. The SMILES string of the molecule is CCCc1cccc(C(CSc2cccc(F)c2)NC)c1. The van der Waals surface area contributed by atoms with Gasteiger partial charge in [-0.3, -0.25) is 0 Å². The quantitative estimate of drug-likeness (QED) is 0.735. The number of rotatable bonds is 7. The van der Waals surface area contributed by atoms with Crippen molar-refractivity contribution in [1.82, 2.24) is 5.32 Å². The Labute approximate surface area is 131 Å². The first-order valence-electron chi connectivity index (χ1n) is 7.37. The van der Waals surface area contributed by atoms with Gasteiger partial charge in [-0.25, -0.2) is 4.39 Å². The van der Waals surface area contributed by atoms with Gasteiger partial charge in [0.15, 0.2) is 0 Å². The van der Waals surface area contributed by atoms with Gasteiger partial charge in [-0.1, -0.05) is 43.7 Å². The summed E-state index contributed by atoms with van der Waals surface area (Å²) in [6, 6.07) is 15.8. The fourth-order valence-corrected chi connectivity index (χ4v) is 3.43. The average molecular weight is 303 g/mol. The lowest BCUT2D eigenvalue weighted by molar-refractivity contribution is 0.624. The van der Waals surface area contributed by atoms with E-state index >= 15 is 0 Å². The highest BCUT2D eigenvalue weighted by atomic mass is 32.2. The van der Waals surface area contributed by atoms with Crippen LogP contribution in [0.3, 0.4) is 0 Å². The number of benzene rings is 2. The zero-order valence-electron chi connectivity index (χ0n) is 12.6. The summed E-state index contributed by atoms with van der Waals surface area (Å²) >= 11 is 1.68. The number of nitrogens with one attached hydrogen (secondary N) is 1. The zero-order chi connectivity index (χ0) is 15.1. The summed E-state index contributed by atoms with van der Waals surface area (Å²) in [4.78, 5) is 0.972. The van der Waals surface area contributed by atoms with Gasteiger partial charge in [0.05, 0.1) is 0 Å². The molecule has 0 aliphatic carbocycles. The lowest BCUT2D eigenvalue weighted by Crippen LogP contribution is -2.18. The van der Waals surface area contributed by atoms with Crippen molar-refractivity contribution in [3.63, 3.8) is 0 Å². The molecule has 1 unspecified atom stereocenters. The molecule has 0 saturated carbocycles. The van der Waals surface area contributed by atoms with Crippen LogP contribution in [0.1, 0.15) is 30.5 Å². The molecular weight excluding hydrogens is 281 g/mol. The Hall–Kier alpha value is -1.32. The van der Waals surface area contributed by atoms with Crippen LogP contribution >= 0.6 is 11.8 Å². The molecule has 0 spiro atoms. The molecule has 112 valence electrons. The third-order valence-corrected chi connectivity index (χ3v) is 4.54. The van der Waals surface area contributed by atoms with Gasteiger partial charge in [-0.15, -0.1) is 11.8 Å². The second kappa shape index (κ2) is 8.20. The van der Waals surface area contributed by atoms with Gasteiger partial charge in [-0.2, -0.15) is 0 Å². The van der Waals surface area contributed by atoms with E-state index < -0.39 is 0 Å². The largest absolute Gasteiger partial charge is 0.312 e. The minimum Gasteiger partial charge on any atom is -0.312 e. The maximum absolute atomic E-state index is 13.2. The smallest absolute Gasteiger partial charge is 0.124 e. The first kappa shape index (κ1) is 16.1. The number of aryl methyl sites for hydroxylation is 1. The molecule has 0 radical (unpaired) electrons. The highest BCUT2D eigenvalue weighted by Crippen LogP contribution is 2.25. The molecule has 0 bridgehead atoms. The maximum atomic E-state index is 13.2. The van der Waals surface area contributed by atoms with Gasteiger partial charge in [0.2, 0.25) is 0 Å². The first-order chi connectivity index (χ1) is 10.2. The summed E-state index contributed by atoms with van der Waals surface area (Å²) in [5, 5.41) is 3.36. The van der Waals surface area contributed by atoms with Crippen LogP contribution < -0.4 is 5.32 Å². The van der Waals surface area contributed by atoms with E-state index in [-0.39, 0.29) is 11.9 Å². The van der Waals surface area contributed by atoms with Crippen molar-refractivity contribution < 1.29 is 4.39 Å². The van der Waals surface area contributed by atoms with Crippen LogP contribution in [0.5, 0.6) is 0 Å². The Bertz CT molecular complexity index is 571. The number of thioether (sulfide) groups is 1. The molecular formula is C18H22FNS. The average Bonchev–Trinajstić information content (AvgIpc) is 2.49. The first-order valence-corrected chi connectivity index (χ1v) is 8.36. The van der Waals surface area contributed by atoms with Crippen LogP contribution in [0.4, 0.5) is 4.39 Å². The Morgan fingerprint density at radius 2 is 1.95 bits per heavy atom. The number of halogens is 1. The van der Waals surface area contributed by atoms with Gasteiger partial charge in [0, 0.05) is 16.7 Å². The van der Waals surface area contributed by atoms with E-state index in [1.54, 1.807) is 23.9 Å². The minimum atomic E-state index is -0.175. The summed E-state index contributed by atoms with van der Waals surface area (Å²) in [5.74, 6) is 0.709. The lowest BCUT2D eigenvalue weighted by Gasteiger charge is -2.17. The van der Waals surface area contributed by atoms with Crippen LogP contribution in [0, 0.1) is 5.82 Å². The molecule has 0 fully saturated rings.